The minimum Gasteiger partial charge on any atom is -0.402 e. The van der Waals surface area contributed by atoms with E-state index in [4.69, 9.17) is 11.1 Å². The van der Waals surface area contributed by atoms with E-state index in [1.165, 1.54) is 0 Å². The number of nitrogens with zero attached hydrogens (tertiary/aromatic N) is 2. The van der Waals surface area contributed by atoms with Gasteiger partial charge in [-0.1, -0.05) is 13.3 Å². The summed E-state index contributed by atoms with van der Waals surface area (Å²) in [6, 6.07) is 3.96. The molecule has 2 atom stereocenters. The predicted octanol–water partition coefficient (Wildman–Crippen LogP) is 1.73. The third kappa shape index (κ3) is 4.63. The fourth-order valence-electron chi connectivity index (χ4n) is 3.00. The summed E-state index contributed by atoms with van der Waals surface area (Å²) in [5, 5.41) is 22.1. The zero-order valence-electron chi connectivity index (χ0n) is 14.8. The van der Waals surface area contributed by atoms with Gasteiger partial charge in [0, 0.05) is 54.3 Å². The van der Waals surface area contributed by atoms with Gasteiger partial charge in [-0.15, -0.1) is 0 Å². The number of aryl methyl sites for hydroxylation is 1. The molecule has 0 amide bonds. The Morgan fingerprint density at radius 1 is 1.54 bits per heavy atom. The van der Waals surface area contributed by atoms with E-state index in [9.17, 15) is 5.11 Å². The number of rotatable bonds is 7. The van der Waals surface area contributed by atoms with Crippen molar-refractivity contribution >= 4 is 5.71 Å². The van der Waals surface area contributed by atoms with E-state index in [1.807, 2.05) is 24.0 Å². The highest BCUT2D eigenvalue weighted by Crippen LogP contribution is 2.20. The third-order valence-electron chi connectivity index (χ3n) is 4.41. The lowest BCUT2D eigenvalue weighted by Gasteiger charge is -2.35. The van der Waals surface area contributed by atoms with Crippen molar-refractivity contribution in [1.82, 2.24) is 15.2 Å². The smallest absolute Gasteiger partial charge is 0.163 e. The summed E-state index contributed by atoms with van der Waals surface area (Å²) < 4.78 is 0. The van der Waals surface area contributed by atoms with Crippen LogP contribution >= 0.6 is 0 Å². The zero-order chi connectivity index (χ0) is 17.7. The van der Waals surface area contributed by atoms with Gasteiger partial charge in [-0.2, -0.15) is 0 Å². The van der Waals surface area contributed by atoms with Gasteiger partial charge in [-0.25, -0.2) is 0 Å². The van der Waals surface area contributed by atoms with Crippen molar-refractivity contribution in [1.29, 1.82) is 5.41 Å². The molecule has 1 aliphatic heterocycles. The molecule has 0 aromatic carbocycles. The Morgan fingerprint density at radius 2 is 2.29 bits per heavy atom. The lowest BCUT2D eigenvalue weighted by atomic mass is 9.97. The van der Waals surface area contributed by atoms with Crippen molar-refractivity contribution in [3.05, 3.63) is 40.9 Å². The molecule has 0 saturated heterocycles. The summed E-state index contributed by atoms with van der Waals surface area (Å²) in [5.74, 6) is 0. The Morgan fingerprint density at radius 3 is 2.96 bits per heavy atom. The number of nitrogens with two attached hydrogens (primary N) is 1. The molecule has 0 spiro atoms. The Labute approximate surface area is 144 Å². The standard InChI is InChI=1S/C18H29N5O/c1-4-5-12(2)22-18(24)23-9-7-16(19)15(11-23)17(20)14-6-8-21-13(3)10-14/h6,8,10,12,18,20,22,24H,4-5,7,9,11,19H2,1-3H3. The van der Waals surface area contributed by atoms with Gasteiger partial charge in [0.1, 0.15) is 0 Å². The monoisotopic (exact) mass is 331 g/mol. The van der Waals surface area contributed by atoms with Gasteiger partial charge in [-0.05, 0) is 32.4 Å². The highest BCUT2D eigenvalue weighted by atomic mass is 16.3. The zero-order valence-corrected chi connectivity index (χ0v) is 14.8. The lowest BCUT2D eigenvalue weighted by Crippen LogP contribution is -2.52. The van der Waals surface area contributed by atoms with Gasteiger partial charge < -0.3 is 10.8 Å². The quantitative estimate of drug-likeness (QED) is 0.450. The number of nitrogens with one attached hydrogen (secondary N) is 2. The molecule has 5 N–H and O–H groups in total. The van der Waals surface area contributed by atoms with Gasteiger partial charge in [0.2, 0.25) is 0 Å². The van der Waals surface area contributed by atoms with E-state index in [0.29, 0.717) is 25.2 Å². The van der Waals surface area contributed by atoms with Gasteiger partial charge in [0.05, 0.1) is 5.71 Å². The average Bonchev–Trinajstić information content (AvgIpc) is 2.54. The molecular weight excluding hydrogens is 302 g/mol. The number of pyridine rings is 1. The summed E-state index contributed by atoms with van der Waals surface area (Å²) in [7, 11) is 0. The molecule has 1 aliphatic rings. The van der Waals surface area contributed by atoms with E-state index < -0.39 is 6.35 Å². The average molecular weight is 331 g/mol. The first kappa shape index (κ1) is 18.6. The molecule has 1 aromatic rings. The Hall–Kier alpha value is -1.76. The molecular formula is C18H29N5O. The van der Waals surface area contributed by atoms with Crippen LogP contribution in [0.5, 0.6) is 0 Å². The molecule has 2 rings (SSSR count). The van der Waals surface area contributed by atoms with E-state index in [-0.39, 0.29) is 6.04 Å². The SMILES string of the molecule is CCCC(C)NC(O)N1CCC(N)=C(C(=N)c2ccnc(C)c2)C1. The van der Waals surface area contributed by atoms with E-state index in [0.717, 1.165) is 35.4 Å². The van der Waals surface area contributed by atoms with Gasteiger partial charge in [0.15, 0.2) is 6.35 Å². The first-order valence-corrected chi connectivity index (χ1v) is 8.60. The molecule has 0 radical (unpaired) electrons. The third-order valence-corrected chi connectivity index (χ3v) is 4.41. The van der Waals surface area contributed by atoms with E-state index in [1.54, 1.807) is 6.20 Å². The molecule has 1 aromatic heterocycles. The topological polar surface area (TPSA) is 98.3 Å². The minimum absolute atomic E-state index is 0.249. The molecule has 0 fully saturated rings. The van der Waals surface area contributed by atoms with Crippen molar-refractivity contribution in [2.45, 2.75) is 52.4 Å². The Kier molecular flexibility index (Phi) is 6.48. The van der Waals surface area contributed by atoms with E-state index >= 15 is 0 Å². The first-order valence-electron chi connectivity index (χ1n) is 8.60. The van der Waals surface area contributed by atoms with Crippen molar-refractivity contribution in [2.75, 3.05) is 13.1 Å². The largest absolute Gasteiger partial charge is 0.402 e. The number of aliphatic hydroxyl groups is 1. The molecule has 6 heteroatoms. The number of aromatic nitrogens is 1. The van der Waals surface area contributed by atoms with Gasteiger partial charge in [-0.3, -0.25) is 20.6 Å². The molecule has 0 saturated carbocycles. The molecule has 6 nitrogen and oxygen atoms in total. The fraction of sp³-hybridized carbons (Fsp3) is 0.556. The van der Waals surface area contributed by atoms with Crippen molar-refractivity contribution < 1.29 is 5.11 Å². The summed E-state index contributed by atoms with van der Waals surface area (Å²) in [5.41, 5.74) is 9.78. The normalized spacial score (nSPS) is 18.5. The van der Waals surface area contributed by atoms with Crippen LogP contribution in [0.4, 0.5) is 0 Å². The molecule has 132 valence electrons. The van der Waals surface area contributed by atoms with Gasteiger partial charge in [0.25, 0.3) is 0 Å². The minimum atomic E-state index is -0.721. The molecule has 24 heavy (non-hydrogen) atoms. The van der Waals surface area contributed by atoms with Crippen LogP contribution in [-0.2, 0) is 0 Å². The molecule has 2 unspecified atom stereocenters. The maximum Gasteiger partial charge on any atom is 0.163 e. The second-order valence-corrected chi connectivity index (χ2v) is 6.52. The number of aliphatic hydroxyl groups excluding tert-OH is 1. The fourth-order valence-corrected chi connectivity index (χ4v) is 3.00. The highest BCUT2D eigenvalue weighted by molar-refractivity contribution is 6.11. The van der Waals surface area contributed by atoms with Crippen molar-refractivity contribution in [3.63, 3.8) is 0 Å². The van der Waals surface area contributed by atoms with Crippen LogP contribution in [0.2, 0.25) is 0 Å². The number of hydrogen-bond acceptors (Lipinski definition) is 6. The maximum absolute atomic E-state index is 10.4. The van der Waals surface area contributed by atoms with Crippen LogP contribution in [-0.4, -0.2) is 46.2 Å². The van der Waals surface area contributed by atoms with Gasteiger partial charge >= 0.3 is 0 Å². The highest BCUT2D eigenvalue weighted by Gasteiger charge is 2.26. The summed E-state index contributed by atoms with van der Waals surface area (Å²) >= 11 is 0. The van der Waals surface area contributed by atoms with Crippen LogP contribution in [0.1, 0.15) is 44.4 Å². The maximum atomic E-state index is 10.4. The second-order valence-electron chi connectivity index (χ2n) is 6.52. The second kappa shape index (κ2) is 8.37. The summed E-state index contributed by atoms with van der Waals surface area (Å²) in [6.07, 6.45) is 3.73. The van der Waals surface area contributed by atoms with E-state index in [2.05, 4.69) is 24.1 Å². The molecule has 2 heterocycles. The Balaban J connectivity index is 2.09. The molecule has 0 aliphatic carbocycles. The lowest BCUT2D eigenvalue weighted by molar-refractivity contribution is -0.0258. The van der Waals surface area contributed by atoms with Crippen LogP contribution in [0.3, 0.4) is 0 Å². The number of hydrogen-bond donors (Lipinski definition) is 4. The van der Waals surface area contributed by atoms with Crippen molar-refractivity contribution in [2.24, 2.45) is 5.73 Å². The van der Waals surface area contributed by atoms with Crippen LogP contribution in [0.15, 0.2) is 29.6 Å². The Bertz CT molecular complexity index is 613. The van der Waals surface area contributed by atoms with Crippen molar-refractivity contribution in [3.8, 4) is 0 Å². The van der Waals surface area contributed by atoms with Crippen LogP contribution in [0.25, 0.3) is 0 Å². The summed E-state index contributed by atoms with van der Waals surface area (Å²) in [4.78, 5) is 6.11. The predicted molar refractivity (Wildman–Crippen MR) is 96.7 cm³/mol. The first-order chi connectivity index (χ1) is 11.4. The van der Waals surface area contributed by atoms with Crippen LogP contribution in [0, 0.1) is 12.3 Å². The van der Waals surface area contributed by atoms with Crippen LogP contribution < -0.4 is 11.1 Å². The summed E-state index contributed by atoms with van der Waals surface area (Å²) in [6.45, 7) is 7.27. The molecule has 0 bridgehead atoms.